The van der Waals surface area contributed by atoms with Gasteiger partial charge in [-0.2, -0.15) is 0 Å². The number of carbonyl (C=O) groups excluding carboxylic acids is 1. The third kappa shape index (κ3) is 4.86. The molecule has 2 amide bonds. The summed E-state index contributed by atoms with van der Waals surface area (Å²) in [6.07, 6.45) is 4.74. The van der Waals surface area contributed by atoms with E-state index in [-0.39, 0.29) is 19.2 Å². The van der Waals surface area contributed by atoms with Gasteiger partial charge in [-0.25, -0.2) is 4.79 Å². The number of para-hydroxylation sites is 1. The highest BCUT2D eigenvalue weighted by Gasteiger charge is 2.27. The standard InChI is InChI=1S/C18H28N2O3/c1-14-7-3-5-9-16(14)20(2)18(22)19-13-15-8-4-6-10-17(15)23-12-11-21/h4,6,8,10,14,16,21H,3,5,7,9,11-13H2,1-2H3,(H,19,22). The fourth-order valence-electron chi connectivity index (χ4n) is 3.26. The minimum absolute atomic E-state index is 0.0248. The lowest BCUT2D eigenvalue weighted by molar-refractivity contribution is 0.144. The van der Waals surface area contributed by atoms with Crippen LogP contribution in [0.2, 0.25) is 0 Å². The number of benzene rings is 1. The molecule has 0 aliphatic heterocycles. The smallest absolute Gasteiger partial charge is 0.317 e. The molecular formula is C18H28N2O3. The van der Waals surface area contributed by atoms with Crippen LogP contribution in [0.25, 0.3) is 0 Å². The molecule has 0 saturated heterocycles. The van der Waals surface area contributed by atoms with Gasteiger partial charge in [0.2, 0.25) is 0 Å². The quantitative estimate of drug-likeness (QED) is 0.847. The van der Waals surface area contributed by atoms with Crippen molar-refractivity contribution < 1.29 is 14.6 Å². The first-order valence-electron chi connectivity index (χ1n) is 8.45. The first kappa shape index (κ1) is 17.6. The van der Waals surface area contributed by atoms with E-state index in [1.807, 2.05) is 36.2 Å². The summed E-state index contributed by atoms with van der Waals surface area (Å²) >= 11 is 0. The number of hydrogen-bond donors (Lipinski definition) is 2. The van der Waals surface area contributed by atoms with Gasteiger partial charge >= 0.3 is 6.03 Å². The van der Waals surface area contributed by atoms with Crippen molar-refractivity contribution in [1.82, 2.24) is 10.2 Å². The van der Waals surface area contributed by atoms with Gasteiger partial charge in [-0.15, -0.1) is 0 Å². The Morgan fingerprint density at radius 3 is 2.83 bits per heavy atom. The first-order valence-corrected chi connectivity index (χ1v) is 8.45. The normalized spacial score (nSPS) is 20.8. The number of aliphatic hydroxyl groups excluding tert-OH is 1. The summed E-state index contributed by atoms with van der Waals surface area (Å²) < 4.78 is 5.50. The monoisotopic (exact) mass is 320 g/mol. The molecule has 1 aliphatic carbocycles. The van der Waals surface area contributed by atoms with E-state index in [1.165, 1.54) is 19.3 Å². The zero-order valence-electron chi connectivity index (χ0n) is 14.1. The van der Waals surface area contributed by atoms with Gasteiger partial charge in [0.05, 0.1) is 6.61 Å². The lowest BCUT2D eigenvalue weighted by Crippen LogP contribution is -2.47. The van der Waals surface area contributed by atoms with E-state index in [0.717, 1.165) is 12.0 Å². The van der Waals surface area contributed by atoms with Gasteiger partial charge < -0.3 is 20.1 Å². The Morgan fingerprint density at radius 1 is 1.35 bits per heavy atom. The lowest BCUT2D eigenvalue weighted by Gasteiger charge is -2.36. The molecule has 0 radical (unpaired) electrons. The molecule has 0 spiro atoms. The molecule has 23 heavy (non-hydrogen) atoms. The predicted octanol–water partition coefficient (Wildman–Crippen LogP) is 2.78. The number of hydrogen-bond acceptors (Lipinski definition) is 3. The van der Waals surface area contributed by atoms with Crippen molar-refractivity contribution in [3.8, 4) is 5.75 Å². The fraction of sp³-hybridized carbons (Fsp3) is 0.611. The number of urea groups is 1. The van der Waals surface area contributed by atoms with E-state index in [9.17, 15) is 4.79 Å². The zero-order chi connectivity index (χ0) is 16.7. The van der Waals surface area contributed by atoms with Crippen LogP contribution < -0.4 is 10.1 Å². The van der Waals surface area contributed by atoms with Crippen LogP contribution in [0.15, 0.2) is 24.3 Å². The van der Waals surface area contributed by atoms with Crippen molar-refractivity contribution in [3.63, 3.8) is 0 Å². The Labute approximate surface area is 138 Å². The largest absolute Gasteiger partial charge is 0.491 e. The predicted molar refractivity (Wildman–Crippen MR) is 90.4 cm³/mol. The maximum atomic E-state index is 12.4. The van der Waals surface area contributed by atoms with Gasteiger partial charge in [-0.1, -0.05) is 38.0 Å². The number of aliphatic hydroxyl groups is 1. The van der Waals surface area contributed by atoms with E-state index in [2.05, 4.69) is 12.2 Å². The van der Waals surface area contributed by atoms with E-state index in [1.54, 1.807) is 0 Å². The molecule has 2 unspecified atom stereocenters. The minimum atomic E-state index is -0.0410. The second-order valence-electron chi connectivity index (χ2n) is 6.28. The molecule has 1 aromatic rings. The number of ether oxygens (including phenoxy) is 1. The van der Waals surface area contributed by atoms with Crippen LogP contribution in [0.4, 0.5) is 4.79 Å². The summed E-state index contributed by atoms with van der Waals surface area (Å²) in [5.41, 5.74) is 0.916. The summed E-state index contributed by atoms with van der Waals surface area (Å²) in [6, 6.07) is 7.86. The molecule has 1 aliphatic rings. The molecule has 1 saturated carbocycles. The average molecular weight is 320 g/mol. The molecule has 5 heteroatoms. The van der Waals surface area contributed by atoms with Gasteiger partial charge in [0.1, 0.15) is 12.4 Å². The molecule has 1 fully saturated rings. The van der Waals surface area contributed by atoms with Crippen LogP contribution >= 0.6 is 0 Å². The van der Waals surface area contributed by atoms with Crippen LogP contribution in [0.5, 0.6) is 5.75 Å². The van der Waals surface area contributed by atoms with E-state index in [4.69, 9.17) is 9.84 Å². The molecule has 2 rings (SSSR count). The second-order valence-corrected chi connectivity index (χ2v) is 6.28. The van der Waals surface area contributed by atoms with Crippen LogP contribution in [0, 0.1) is 5.92 Å². The molecule has 0 bridgehead atoms. The maximum Gasteiger partial charge on any atom is 0.317 e. The molecule has 128 valence electrons. The molecule has 0 aromatic heterocycles. The Bertz CT molecular complexity index is 507. The fourth-order valence-corrected chi connectivity index (χ4v) is 3.26. The van der Waals surface area contributed by atoms with Crippen molar-refractivity contribution in [2.75, 3.05) is 20.3 Å². The average Bonchev–Trinajstić information content (AvgIpc) is 2.58. The Balaban J connectivity index is 1.91. The van der Waals surface area contributed by atoms with Gasteiger partial charge in [0.15, 0.2) is 0 Å². The number of nitrogens with one attached hydrogen (secondary N) is 1. The van der Waals surface area contributed by atoms with Crippen LogP contribution in [0.3, 0.4) is 0 Å². The topological polar surface area (TPSA) is 61.8 Å². The summed E-state index contributed by atoms with van der Waals surface area (Å²) in [7, 11) is 1.88. The van der Waals surface area contributed by atoms with Gasteiger partial charge in [-0.05, 0) is 24.8 Å². The Hall–Kier alpha value is -1.75. The van der Waals surface area contributed by atoms with Crippen LogP contribution in [-0.4, -0.2) is 42.3 Å². The summed E-state index contributed by atoms with van der Waals surface area (Å²) in [6.45, 7) is 2.88. The highest BCUT2D eigenvalue weighted by molar-refractivity contribution is 5.74. The number of carbonyl (C=O) groups is 1. The number of rotatable bonds is 6. The molecule has 2 atom stereocenters. The number of nitrogens with zero attached hydrogens (tertiary/aromatic N) is 1. The third-order valence-electron chi connectivity index (χ3n) is 4.64. The zero-order valence-corrected chi connectivity index (χ0v) is 14.1. The summed E-state index contributed by atoms with van der Waals surface area (Å²) in [5, 5.41) is 11.9. The van der Waals surface area contributed by atoms with Crippen LogP contribution in [-0.2, 0) is 6.54 Å². The van der Waals surface area contributed by atoms with E-state index < -0.39 is 0 Å². The molecule has 2 N–H and O–H groups in total. The highest BCUT2D eigenvalue weighted by Crippen LogP contribution is 2.27. The molecule has 1 aromatic carbocycles. The van der Waals surface area contributed by atoms with Crippen molar-refractivity contribution in [2.45, 2.75) is 45.2 Å². The highest BCUT2D eigenvalue weighted by atomic mass is 16.5. The third-order valence-corrected chi connectivity index (χ3v) is 4.64. The van der Waals surface area contributed by atoms with Crippen molar-refractivity contribution in [3.05, 3.63) is 29.8 Å². The number of amides is 2. The Morgan fingerprint density at radius 2 is 2.09 bits per heavy atom. The van der Waals surface area contributed by atoms with Crippen molar-refractivity contribution in [1.29, 1.82) is 0 Å². The molecular weight excluding hydrogens is 292 g/mol. The summed E-state index contributed by atoms with van der Waals surface area (Å²) in [5.74, 6) is 1.26. The lowest BCUT2D eigenvalue weighted by atomic mass is 9.85. The van der Waals surface area contributed by atoms with Gasteiger partial charge in [-0.3, -0.25) is 0 Å². The molecule has 0 heterocycles. The van der Waals surface area contributed by atoms with Crippen molar-refractivity contribution in [2.24, 2.45) is 5.92 Å². The van der Waals surface area contributed by atoms with E-state index in [0.29, 0.717) is 24.3 Å². The SMILES string of the molecule is CC1CCCCC1N(C)C(=O)NCc1ccccc1OCCO. The summed E-state index contributed by atoms with van der Waals surface area (Å²) in [4.78, 5) is 14.3. The van der Waals surface area contributed by atoms with E-state index >= 15 is 0 Å². The van der Waals surface area contributed by atoms with Gasteiger partial charge in [0, 0.05) is 25.2 Å². The van der Waals surface area contributed by atoms with Gasteiger partial charge in [0.25, 0.3) is 0 Å². The van der Waals surface area contributed by atoms with Crippen molar-refractivity contribution >= 4 is 6.03 Å². The van der Waals surface area contributed by atoms with Crippen LogP contribution in [0.1, 0.15) is 38.2 Å². The Kier molecular flexibility index (Phi) is 6.71. The molecule has 5 nitrogen and oxygen atoms in total. The first-order chi connectivity index (χ1) is 11.1. The second kappa shape index (κ2) is 8.77. The maximum absolute atomic E-state index is 12.4. The minimum Gasteiger partial charge on any atom is -0.491 e.